The largest absolute Gasteiger partial charge is 0.464 e. The van der Waals surface area contributed by atoms with Crippen LogP contribution in [0.15, 0.2) is 24.3 Å². The lowest BCUT2D eigenvalue weighted by Gasteiger charge is -2.28. The number of carbonyl (C=O) groups is 3. The Kier molecular flexibility index (Phi) is 4.36. The third kappa shape index (κ3) is 2.45. The fourth-order valence-corrected chi connectivity index (χ4v) is 4.39. The summed E-state index contributed by atoms with van der Waals surface area (Å²) in [6.07, 6.45) is 1.08. The van der Waals surface area contributed by atoms with Crippen LogP contribution in [-0.4, -0.2) is 42.4 Å². The van der Waals surface area contributed by atoms with Gasteiger partial charge in [-0.2, -0.15) is 0 Å². The highest BCUT2D eigenvalue weighted by atomic mass is 19.1. The molecular formula is C18H22FN2O4+. The Hall–Kier alpha value is -2.28. The third-order valence-corrected chi connectivity index (χ3v) is 5.47. The van der Waals surface area contributed by atoms with Gasteiger partial charge in [0.15, 0.2) is 0 Å². The van der Waals surface area contributed by atoms with Crippen LogP contribution in [0.2, 0.25) is 0 Å². The van der Waals surface area contributed by atoms with E-state index in [0.29, 0.717) is 12.8 Å². The molecule has 2 aliphatic rings. The number of rotatable bonds is 4. The molecule has 0 spiro atoms. The number of ether oxygens (including phenoxy) is 1. The number of nitrogens with two attached hydrogens (primary N) is 1. The van der Waals surface area contributed by atoms with Gasteiger partial charge in [-0.05, 0) is 18.6 Å². The van der Waals surface area contributed by atoms with Gasteiger partial charge in [0.25, 0.3) is 0 Å². The van der Waals surface area contributed by atoms with Crippen LogP contribution < -0.4 is 5.32 Å². The van der Waals surface area contributed by atoms with E-state index in [1.165, 1.54) is 26.3 Å². The molecule has 2 amide bonds. The zero-order valence-electron chi connectivity index (χ0n) is 14.5. The van der Waals surface area contributed by atoms with Crippen molar-refractivity contribution in [1.29, 1.82) is 0 Å². The average Bonchev–Trinajstić information content (AvgIpc) is 3.06. The second-order valence-corrected chi connectivity index (χ2v) is 6.76. The summed E-state index contributed by atoms with van der Waals surface area (Å²) < 4.78 is 18.3. The molecule has 3 rings (SSSR count). The molecule has 2 fully saturated rings. The molecule has 0 bridgehead atoms. The Morgan fingerprint density at radius 2 is 1.92 bits per heavy atom. The Labute approximate surface area is 145 Å². The maximum absolute atomic E-state index is 13.3. The SMILES string of the molecule is CCC[C@]1(C(=O)OC)[NH2+][C@@H](c2ccc(F)cc2)[C@H]2C(=O)N(C)C(=O)[C@@H]21. The fraction of sp³-hybridized carbons (Fsp3) is 0.500. The maximum atomic E-state index is 13.3. The molecule has 4 atom stereocenters. The van der Waals surface area contributed by atoms with E-state index in [2.05, 4.69) is 0 Å². The molecule has 0 aromatic heterocycles. The van der Waals surface area contributed by atoms with Crippen LogP contribution in [0.25, 0.3) is 0 Å². The molecule has 6 nitrogen and oxygen atoms in total. The van der Waals surface area contributed by atoms with Gasteiger partial charge in [-0.15, -0.1) is 0 Å². The first-order chi connectivity index (χ1) is 11.9. The highest BCUT2D eigenvalue weighted by Crippen LogP contribution is 2.45. The number of likely N-dealkylation sites (tertiary alicyclic amines) is 1. The molecule has 2 heterocycles. The number of hydrogen-bond donors (Lipinski definition) is 1. The number of quaternary nitrogens is 1. The average molecular weight is 349 g/mol. The number of imide groups is 1. The number of esters is 1. The van der Waals surface area contributed by atoms with Crippen molar-refractivity contribution >= 4 is 17.8 Å². The van der Waals surface area contributed by atoms with E-state index in [4.69, 9.17) is 4.74 Å². The normalized spacial score (nSPS) is 31.4. The number of benzene rings is 1. The van der Waals surface area contributed by atoms with Crippen molar-refractivity contribution in [2.24, 2.45) is 11.8 Å². The second kappa shape index (κ2) is 6.22. The van der Waals surface area contributed by atoms with Crippen molar-refractivity contribution in [1.82, 2.24) is 4.90 Å². The number of nitrogens with zero attached hydrogens (tertiary/aromatic N) is 1. The molecule has 2 saturated heterocycles. The van der Waals surface area contributed by atoms with E-state index in [9.17, 15) is 18.8 Å². The first-order valence-corrected chi connectivity index (χ1v) is 8.38. The smallest absolute Gasteiger partial charge is 0.368 e. The van der Waals surface area contributed by atoms with Crippen molar-refractivity contribution in [2.75, 3.05) is 14.2 Å². The summed E-state index contributed by atoms with van der Waals surface area (Å²) in [5.74, 6) is -2.96. The summed E-state index contributed by atoms with van der Waals surface area (Å²) in [4.78, 5) is 39.2. The van der Waals surface area contributed by atoms with Crippen molar-refractivity contribution < 1.29 is 28.8 Å². The van der Waals surface area contributed by atoms with E-state index in [1.807, 2.05) is 6.92 Å². The van der Waals surface area contributed by atoms with Crippen molar-refractivity contribution in [2.45, 2.75) is 31.3 Å². The summed E-state index contributed by atoms with van der Waals surface area (Å²) in [6, 6.07) is 5.41. The molecule has 2 aliphatic heterocycles. The molecule has 0 aliphatic carbocycles. The van der Waals surface area contributed by atoms with Gasteiger partial charge in [-0.25, -0.2) is 9.18 Å². The quantitative estimate of drug-likeness (QED) is 0.630. The Morgan fingerprint density at radius 3 is 2.48 bits per heavy atom. The minimum absolute atomic E-state index is 0.303. The van der Waals surface area contributed by atoms with Crippen LogP contribution in [0.3, 0.4) is 0 Å². The Bertz CT molecular complexity index is 720. The topological polar surface area (TPSA) is 80.3 Å². The van der Waals surface area contributed by atoms with Gasteiger partial charge in [0.1, 0.15) is 23.7 Å². The van der Waals surface area contributed by atoms with Gasteiger partial charge in [0, 0.05) is 19.0 Å². The number of carbonyl (C=O) groups excluding carboxylic acids is 3. The fourth-order valence-electron chi connectivity index (χ4n) is 4.39. The summed E-state index contributed by atoms with van der Waals surface area (Å²) in [5.41, 5.74) is -0.417. The zero-order chi connectivity index (χ0) is 18.4. The van der Waals surface area contributed by atoms with Crippen molar-refractivity contribution in [3.8, 4) is 0 Å². The van der Waals surface area contributed by atoms with Crippen molar-refractivity contribution in [3.05, 3.63) is 35.6 Å². The lowest BCUT2D eigenvalue weighted by Crippen LogP contribution is -2.98. The zero-order valence-corrected chi connectivity index (χ0v) is 14.5. The lowest BCUT2D eigenvalue weighted by molar-refractivity contribution is -0.735. The first-order valence-electron chi connectivity index (χ1n) is 8.38. The Morgan fingerprint density at radius 1 is 1.28 bits per heavy atom. The molecule has 0 radical (unpaired) electrons. The van der Waals surface area contributed by atoms with Gasteiger partial charge in [0.05, 0.1) is 7.11 Å². The number of fused-ring (bicyclic) bond motifs is 1. The van der Waals surface area contributed by atoms with E-state index < -0.39 is 29.4 Å². The molecule has 0 unspecified atom stereocenters. The van der Waals surface area contributed by atoms with Crippen LogP contribution in [0.1, 0.15) is 31.4 Å². The van der Waals surface area contributed by atoms with Crippen molar-refractivity contribution in [3.63, 3.8) is 0 Å². The third-order valence-electron chi connectivity index (χ3n) is 5.47. The predicted molar refractivity (Wildman–Crippen MR) is 85.5 cm³/mol. The molecule has 1 aromatic carbocycles. The van der Waals surface area contributed by atoms with E-state index in [-0.39, 0.29) is 17.6 Å². The summed E-state index contributed by atoms with van der Waals surface area (Å²) in [7, 11) is 2.73. The standard InChI is InChI=1S/C18H21FN2O4/c1-4-9-18(17(24)25-3)13-12(15(22)21(2)16(13)23)14(20-18)10-5-7-11(19)8-6-10/h5-8,12-14,20H,4,9H2,1-3H3/p+1/t12-,13+,14-,18-/m0/s1. The molecule has 2 N–H and O–H groups in total. The Balaban J connectivity index is 2.13. The molecular weight excluding hydrogens is 327 g/mol. The number of halogens is 1. The van der Waals surface area contributed by atoms with Crippen LogP contribution in [0.4, 0.5) is 4.39 Å². The van der Waals surface area contributed by atoms with E-state index in [0.717, 1.165) is 10.5 Å². The minimum Gasteiger partial charge on any atom is -0.464 e. The van der Waals surface area contributed by atoms with Gasteiger partial charge in [-0.1, -0.05) is 19.1 Å². The van der Waals surface area contributed by atoms with Crippen LogP contribution in [0.5, 0.6) is 0 Å². The summed E-state index contributed by atoms with van der Waals surface area (Å²) >= 11 is 0. The van der Waals surface area contributed by atoms with Gasteiger partial charge in [-0.3, -0.25) is 14.5 Å². The molecule has 25 heavy (non-hydrogen) atoms. The molecule has 1 aromatic rings. The van der Waals surface area contributed by atoms with Crippen LogP contribution in [-0.2, 0) is 19.1 Å². The van der Waals surface area contributed by atoms with E-state index in [1.54, 1.807) is 17.4 Å². The van der Waals surface area contributed by atoms with Gasteiger partial charge >= 0.3 is 5.97 Å². The monoisotopic (exact) mass is 349 g/mol. The van der Waals surface area contributed by atoms with Crippen LogP contribution in [0, 0.1) is 17.7 Å². The highest BCUT2D eigenvalue weighted by Gasteiger charge is 2.71. The van der Waals surface area contributed by atoms with Gasteiger partial charge < -0.3 is 10.1 Å². The maximum Gasteiger partial charge on any atom is 0.368 e. The number of amides is 2. The predicted octanol–water partition coefficient (Wildman–Crippen LogP) is 0.387. The molecule has 134 valence electrons. The highest BCUT2D eigenvalue weighted by molar-refractivity contribution is 6.08. The molecule has 0 saturated carbocycles. The summed E-state index contributed by atoms with van der Waals surface area (Å²) in [6.45, 7) is 1.92. The van der Waals surface area contributed by atoms with E-state index >= 15 is 0 Å². The lowest BCUT2D eigenvalue weighted by atomic mass is 9.77. The van der Waals surface area contributed by atoms with Crippen LogP contribution >= 0.6 is 0 Å². The first kappa shape index (κ1) is 17.5. The van der Waals surface area contributed by atoms with Gasteiger partial charge in [0.2, 0.25) is 17.4 Å². The molecule has 7 heteroatoms. The summed E-state index contributed by atoms with van der Waals surface area (Å²) in [5, 5.41) is 1.79. The second-order valence-electron chi connectivity index (χ2n) is 6.76. The number of hydrogen-bond acceptors (Lipinski definition) is 4. The minimum atomic E-state index is -1.13. The number of methoxy groups -OCH3 is 1.